The van der Waals surface area contributed by atoms with E-state index in [1.807, 2.05) is 27.7 Å². The van der Waals surface area contributed by atoms with Crippen molar-refractivity contribution in [1.29, 1.82) is 0 Å². The van der Waals surface area contributed by atoms with Gasteiger partial charge in [0.2, 0.25) is 5.82 Å². The van der Waals surface area contributed by atoms with Crippen molar-refractivity contribution in [2.75, 3.05) is 13.2 Å². The summed E-state index contributed by atoms with van der Waals surface area (Å²) in [7, 11) is 0. The third-order valence-corrected chi connectivity index (χ3v) is 2.05. The van der Waals surface area contributed by atoms with Crippen molar-refractivity contribution in [2.24, 2.45) is 5.41 Å². The Labute approximate surface area is 123 Å². The molecule has 0 unspecified atom stereocenters. The highest BCUT2D eigenvalue weighted by Crippen LogP contribution is 2.27. The highest BCUT2D eigenvalue weighted by atomic mass is 19.1. The van der Waals surface area contributed by atoms with Gasteiger partial charge >= 0.3 is 0 Å². The lowest BCUT2D eigenvalue weighted by Gasteiger charge is -2.19. The predicted octanol–water partition coefficient (Wildman–Crippen LogP) is 5.46. The molecule has 1 aromatic carbocycles. The van der Waals surface area contributed by atoms with Crippen molar-refractivity contribution in [3.05, 3.63) is 24.0 Å². The van der Waals surface area contributed by atoms with E-state index >= 15 is 0 Å². The van der Waals surface area contributed by atoms with Gasteiger partial charge in [0.25, 0.3) is 0 Å². The molecule has 0 radical (unpaired) electrons. The fourth-order valence-electron chi connectivity index (χ4n) is 1.22. The van der Waals surface area contributed by atoms with Crippen LogP contribution in [0, 0.1) is 11.2 Å². The topological polar surface area (TPSA) is 18.5 Å². The van der Waals surface area contributed by atoms with Crippen molar-refractivity contribution < 1.29 is 13.9 Å². The third-order valence-electron chi connectivity index (χ3n) is 2.05. The smallest absolute Gasteiger partial charge is 0.206 e. The molecule has 0 fully saturated rings. The maximum atomic E-state index is 13.9. The standard InChI is InChI=1S/C14H21FO2.C3H8/c1-5-9-16-11-7-6-8-12(13(11)15)17-10-14(2,3)4;1-3-2/h6-8H,5,9-10H2,1-4H3;3H2,1-2H3. The zero-order chi connectivity index (χ0) is 15.6. The van der Waals surface area contributed by atoms with Gasteiger partial charge in [-0.05, 0) is 24.0 Å². The molecule has 2 nitrogen and oxygen atoms in total. The summed E-state index contributed by atoms with van der Waals surface area (Å²) in [6.45, 7) is 13.4. The summed E-state index contributed by atoms with van der Waals surface area (Å²) in [6, 6.07) is 4.99. The van der Waals surface area contributed by atoms with Gasteiger partial charge in [0.15, 0.2) is 11.5 Å². The van der Waals surface area contributed by atoms with Crippen LogP contribution < -0.4 is 9.47 Å². The molecular weight excluding hydrogens is 255 g/mol. The zero-order valence-corrected chi connectivity index (χ0v) is 13.8. The first-order valence-corrected chi connectivity index (χ1v) is 7.39. The van der Waals surface area contributed by atoms with E-state index < -0.39 is 5.82 Å². The maximum absolute atomic E-state index is 13.9. The average Bonchev–Trinajstić information content (AvgIpc) is 2.36. The summed E-state index contributed by atoms with van der Waals surface area (Å²) in [5, 5.41) is 0. The van der Waals surface area contributed by atoms with Crippen molar-refractivity contribution in [1.82, 2.24) is 0 Å². The Kier molecular flexibility index (Phi) is 9.02. The van der Waals surface area contributed by atoms with Crippen LogP contribution in [0.2, 0.25) is 0 Å². The van der Waals surface area contributed by atoms with Crippen LogP contribution in [0.15, 0.2) is 18.2 Å². The van der Waals surface area contributed by atoms with E-state index in [1.54, 1.807) is 18.2 Å². The van der Waals surface area contributed by atoms with Gasteiger partial charge in [0.1, 0.15) is 0 Å². The van der Waals surface area contributed by atoms with Crippen molar-refractivity contribution in [3.8, 4) is 11.5 Å². The average molecular weight is 284 g/mol. The van der Waals surface area contributed by atoms with E-state index in [0.29, 0.717) is 13.2 Å². The molecule has 0 atom stereocenters. The van der Waals surface area contributed by atoms with E-state index in [-0.39, 0.29) is 16.9 Å². The Morgan fingerprint density at radius 2 is 1.50 bits per heavy atom. The molecule has 0 aliphatic carbocycles. The van der Waals surface area contributed by atoms with Gasteiger partial charge in [0.05, 0.1) is 13.2 Å². The Morgan fingerprint density at radius 1 is 1.00 bits per heavy atom. The van der Waals surface area contributed by atoms with Crippen molar-refractivity contribution in [2.45, 2.75) is 54.4 Å². The van der Waals surface area contributed by atoms with Crippen molar-refractivity contribution in [3.63, 3.8) is 0 Å². The van der Waals surface area contributed by atoms with Gasteiger partial charge in [-0.15, -0.1) is 0 Å². The maximum Gasteiger partial charge on any atom is 0.206 e. The highest BCUT2D eigenvalue weighted by Gasteiger charge is 2.15. The van der Waals surface area contributed by atoms with Crippen LogP contribution in [0.1, 0.15) is 54.4 Å². The largest absolute Gasteiger partial charge is 0.490 e. The van der Waals surface area contributed by atoms with Crippen LogP contribution in [-0.4, -0.2) is 13.2 Å². The molecule has 0 saturated heterocycles. The van der Waals surface area contributed by atoms with E-state index in [2.05, 4.69) is 13.8 Å². The quantitative estimate of drug-likeness (QED) is 0.715. The summed E-state index contributed by atoms with van der Waals surface area (Å²) >= 11 is 0. The third kappa shape index (κ3) is 8.03. The number of benzene rings is 1. The minimum atomic E-state index is -0.412. The molecule has 20 heavy (non-hydrogen) atoms. The lowest BCUT2D eigenvalue weighted by molar-refractivity contribution is 0.188. The number of hydrogen-bond acceptors (Lipinski definition) is 2. The fourth-order valence-corrected chi connectivity index (χ4v) is 1.22. The Hall–Kier alpha value is -1.25. The summed E-state index contributed by atoms with van der Waals surface area (Å²) in [5.41, 5.74) is 0.00667. The lowest BCUT2D eigenvalue weighted by Crippen LogP contribution is -2.17. The molecule has 0 amide bonds. The molecule has 1 aromatic rings. The zero-order valence-electron chi connectivity index (χ0n) is 13.8. The molecule has 0 aliphatic rings. The predicted molar refractivity (Wildman–Crippen MR) is 83.1 cm³/mol. The van der Waals surface area contributed by atoms with Gasteiger partial charge < -0.3 is 9.47 Å². The van der Waals surface area contributed by atoms with Crippen LogP contribution in [0.5, 0.6) is 11.5 Å². The van der Waals surface area contributed by atoms with E-state index in [1.165, 1.54) is 6.42 Å². The van der Waals surface area contributed by atoms with Gasteiger partial charge in [0, 0.05) is 0 Å². The van der Waals surface area contributed by atoms with Crippen LogP contribution in [0.25, 0.3) is 0 Å². The summed E-state index contributed by atoms with van der Waals surface area (Å²) < 4.78 is 24.7. The molecule has 0 heterocycles. The lowest BCUT2D eigenvalue weighted by atomic mass is 9.99. The first kappa shape index (κ1) is 18.8. The molecule has 0 spiro atoms. The second kappa shape index (κ2) is 9.62. The SMILES string of the molecule is CCC.CCCOc1cccc(OCC(C)(C)C)c1F. The van der Waals surface area contributed by atoms with Crippen molar-refractivity contribution >= 4 is 0 Å². The molecular formula is C17H29FO2. The minimum absolute atomic E-state index is 0.00667. The molecule has 0 aliphatic heterocycles. The van der Waals surface area contributed by atoms with E-state index in [0.717, 1.165) is 6.42 Å². The van der Waals surface area contributed by atoms with Crippen LogP contribution in [0.3, 0.4) is 0 Å². The fraction of sp³-hybridized carbons (Fsp3) is 0.647. The Morgan fingerprint density at radius 3 is 1.95 bits per heavy atom. The van der Waals surface area contributed by atoms with Gasteiger partial charge in [-0.3, -0.25) is 0 Å². The van der Waals surface area contributed by atoms with Gasteiger partial charge in [-0.1, -0.05) is 54.0 Å². The number of rotatable bonds is 5. The summed E-state index contributed by atoms with van der Waals surface area (Å²) in [6.07, 6.45) is 2.10. The second-order valence-electron chi connectivity index (χ2n) is 5.97. The van der Waals surface area contributed by atoms with Crippen LogP contribution in [-0.2, 0) is 0 Å². The first-order chi connectivity index (χ1) is 9.35. The summed E-state index contributed by atoms with van der Waals surface area (Å²) in [4.78, 5) is 0. The second-order valence-corrected chi connectivity index (χ2v) is 5.97. The number of halogens is 1. The Balaban J connectivity index is 0.00000110. The summed E-state index contributed by atoms with van der Waals surface area (Å²) in [5.74, 6) is 0.108. The molecule has 3 heteroatoms. The normalized spacial score (nSPS) is 10.6. The molecule has 1 rings (SSSR count). The van der Waals surface area contributed by atoms with Crippen LogP contribution in [0.4, 0.5) is 4.39 Å². The minimum Gasteiger partial charge on any atom is -0.490 e. The van der Waals surface area contributed by atoms with E-state index in [9.17, 15) is 4.39 Å². The van der Waals surface area contributed by atoms with Crippen LogP contribution >= 0.6 is 0 Å². The van der Waals surface area contributed by atoms with E-state index in [4.69, 9.17) is 9.47 Å². The Bertz CT molecular complexity index is 370. The monoisotopic (exact) mass is 284 g/mol. The van der Waals surface area contributed by atoms with Gasteiger partial charge in [-0.25, -0.2) is 0 Å². The first-order valence-electron chi connectivity index (χ1n) is 7.39. The molecule has 0 bridgehead atoms. The number of hydrogen-bond donors (Lipinski definition) is 0. The number of ether oxygens (including phenoxy) is 2. The molecule has 0 aromatic heterocycles. The molecule has 0 N–H and O–H groups in total. The molecule has 0 saturated carbocycles. The van der Waals surface area contributed by atoms with Gasteiger partial charge in [-0.2, -0.15) is 4.39 Å². The highest BCUT2D eigenvalue weighted by molar-refractivity contribution is 5.35. The molecule has 116 valence electrons.